The number of aromatic carboxylic acids is 1. The molecule has 0 aliphatic rings. The van der Waals surface area contributed by atoms with Gasteiger partial charge in [0.15, 0.2) is 5.43 Å². The first-order valence-corrected chi connectivity index (χ1v) is 4.60. The maximum Gasteiger partial charge on any atom is 0.371 e. The van der Waals surface area contributed by atoms with Gasteiger partial charge in [-0.25, -0.2) is 4.79 Å². The topological polar surface area (TPSA) is 67.5 Å². The minimum Gasteiger partial charge on any atom is -0.475 e. The van der Waals surface area contributed by atoms with Crippen molar-refractivity contribution in [2.45, 2.75) is 19.8 Å². The summed E-state index contributed by atoms with van der Waals surface area (Å²) in [6, 6.07) is 0.971. The molecule has 0 atom stereocenters. The van der Waals surface area contributed by atoms with E-state index in [-0.39, 0.29) is 11.2 Å². The predicted molar refractivity (Wildman–Crippen MR) is 55.9 cm³/mol. The van der Waals surface area contributed by atoms with E-state index < -0.39 is 5.97 Å². The number of hydrogen-bond acceptors (Lipinski definition) is 3. The van der Waals surface area contributed by atoms with Gasteiger partial charge in [0.25, 0.3) is 0 Å². The van der Waals surface area contributed by atoms with Crippen LogP contribution in [0.3, 0.4) is 0 Å². The lowest BCUT2D eigenvalue weighted by molar-refractivity contribution is 0.0659. The molecule has 1 aromatic heterocycles. The van der Waals surface area contributed by atoms with Crippen molar-refractivity contribution >= 4 is 11.5 Å². The van der Waals surface area contributed by atoms with E-state index in [9.17, 15) is 9.59 Å². The van der Waals surface area contributed by atoms with E-state index in [0.717, 1.165) is 18.8 Å². The van der Waals surface area contributed by atoms with Crippen LogP contribution in [0.25, 0.3) is 5.57 Å². The van der Waals surface area contributed by atoms with Gasteiger partial charge < -0.3 is 9.52 Å². The van der Waals surface area contributed by atoms with Crippen LogP contribution in [0.5, 0.6) is 0 Å². The first-order chi connectivity index (χ1) is 7.06. The Morgan fingerprint density at radius 1 is 1.60 bits per heavy atom. The number of hydrogen-bond donors (Lipinski definition) is 1. The lowest BCUT2D eigenvalue weighted by Crippen LogP contribution is -2.10. The van der Waals surface area contributed by atoms with Crippen molar-refractivity contribution in [2.24, 2.45) is 0 Å². The zero-order chi connectivity index (χ0) is 11.4. The molecule has 0 saturated carbocycles. The molecule has 0 amide bonds. The standard InChI is InChI=1S/C11H12O4/c1-3-4-7(2)8-6-15-10(11(13)14)5-9(8)12/h5-6H,2-4H2,1H3,(H,13,14). The van der Waals surface area contributed by atoms with Crippen molar-refractivity contribution in [1.29, 1.82) is 0 Å². The number of carboxylic acid groups (broad SMARTS) is 1. The maximum absolute atomic E-state index is 11.5. The first kappa shape index (κ1) is 11.2. The molecule has 1 N–H and O–H groups in total. The molecule has 0 aliphatic carbocycles. The van der Waals surface area contributed by atoms with Gasteiger partial charge in [0.1, 0.15) is 6.26 Å². The van der Waals surface area contributed by atoms with E-state index >= 15 is 0 Å². The van der Waals surface area contributed by atoms with Crippen LogP contribution in [0.1, 0.15) is 35.9 Å². The normalized spacial score (nSPS) is 9.93. The Morgan fingerprint density at radius 3 is 2.73 bits per heavy atom. The molecule has 0 spiro atoms. The Morgan fingerprint density at radius 2 is 2.27 bits per heavy atom. The minimum atomic E-state index is -1.25. The average molecular weight is 208 g/mol. The number of allylic oxidation sites excluding steroid dienone is 1. The second-order valence-corrected chi connectivity index (χ2v) is 3.18. The maximum atomic E-state index is 11.5. The number of rotatable bonds is 4. The first-order valence-electron chi connectivity index (χ1n) is 4.60. The van der Waals surface area contributed by atoms with Crippen LogP contribution >= 0.6 is 0 Å². The molecule has 1 aromatic rings. The minimum absolute atomic E-state index is 0.349. The smallest absolute Gasteiger partial charge is 0.371 e. The molecule has 0 bridgehead atoms. The van der Waals surface area contributed by atoms with Gasteiger partial charge in [0.2, 0.25) is 5.76 Å². The summed E-state index contributed by atoms with van der Waals surface area (Å²) in [7, 11) is 0. The summed E-state index contributed by atoms with van der Waals surface area (Å²) >= 11 is 0. The van der Waals surface area contributed by atoms with Crippen molar-refractivity contribution in [3.05, 3.63) is 40.5 Å². The molecule has 4 heteroatoms. The Bertz CT molecular complexity index is 442. The lowest BCUT2D eigenvalue weighted by Gasteiger charge is -2.02. The Hall–Kier alpha value is -1.84. The number of carbonyl (C=O) groups is 1. The largest absolute Gasteiger partial charge is 0.475 e. The summed E-state index contributed by atoms with van der Waals surface area (Å²) in [5.41, 5.74) is 0.655. The molecule has 1 rings (SSSR count). The van der Waals surface area contributed by atoms with Crippen molar-refractivity contribution in [3.63, 3.8) is 0 Å². The summed E-state index contributed by atoms with van der Waals surface area (Å²) in [5.74, 6) is -1.60. The van der Waals surface area contributed by atoms with Gasteiger partial charge in [-0.05, 0) is 12.0 Å². The second-order valence-electron chi connectivity index (χ2n) is 3.18. The van der Waals surface area contributed by atoms with Gasteiger partial charge in [0.05, 0.1) is 5.56 Å². The third-order valence-electron chi connectivity index (χ3n) is 1.97. The van der Waals surface area contributed by atoms with Crippen LogP contribution in [0, 0.1) is 0 Å². The van der Waals surface area contributed by atoms with E-state index in [0.29, 0.717) is 17.6 Å². The van der Waals surface area contributed by atoms with Crippen molar-refractivity contribution in [2.75, 3.05) is 0 Å². The van der Waals surface area contributed by atoms with E-state index in [1.807, 2.05) is 6.92 Å². The average Bonchev–Trinajstić information content (AvgIpc) is 2.17. The Balaban J connectivity index is 3.09. The van der Waals surface area contributed by atoms with Gasteiger partial charge in [-0.2, -0.15) is 0 Å². The fraction of sp³-hybridized carbons (Fsp3) is 0.273. The highest BCUT2D eigenvalue weighted by molar-refractivity contribution is 5.84. The third-order valence-corrected chi connectivity index (χ3v) is 1.97. The van der Waals surface area contributed by atoms with Crippen LogP contribution in [-0.4, -0.2) is 11.1 Å². The molecule has 0 aliphatic heterocycles. The highest BCUT2D eigenvalue weighted by Gasteiger charge is 2.10. The molecule has 0 fully saturated rings. The lowest BCUT2D eigenvalue weighted by atomic mass is 10.1. The summed E-state index contributed by atoms with van der Waals surface area (Å²) < 4.78 is 4.81. The van der Waals surface area contributed by atoms with Crippen molar-refractivity contribution < 1.29 is 14.3 Å². The molecule has 0 saturated heterocycles. The highest BCUT2D eigenvalue weighted by Crippen LogP contribution is 2.14. The summed E-state index contributed by atoms with van der Waals surface area (Å²) in [5, 5.41) is 8.59. The zero-order valence-electron chi connectivity index (χ0n) is 8.45. The van der Waals surface area contributed by atoms with Crippen LogP contribution in [0.2, 0.25) is 0 Å². The molecule has 0 aromatic carbocycles. The Labute approximate surface area is 86.9 Å². The molecule has 15 heavy (non-hydrogen) atoms. The Kier molecular flexibility index (Phi) is 3.44. The molecule has 0 unspecified atom stereocenters. The van der Waals surface area contributed by atoms with Gasteiger partial charge in [0, 0.05) is 6.07 Å². The highest BCUT2D eigenvalue weighted by atomic mass is 16.4. The molecular formula is C11H12O4. The molecule has 80 valence electrons. The SMILES string of the molecule is C=C(CCC)c1coc(C(=O)O)cc1=O. The molecular weight excluding hydrogens is 196 g/mol. The van der Waals surface area contributed by atoms with E-state index in [2.05, 4.69) is 6.58 Å². The fourth-order valence-corrected chi connectivity index (χ4v) is 1.22. The van der Waals surface area contributed by atoms with Gasteiger partial charge >= 0.3 is 5.97 Å². The molecule has 1 heterocycles. The monoisotopic (exact) mass is 208 g/mol. The van der Waals surface area contributed by atoms with Crippen LogP contribution in [-0.2, 0) is 0 Å². The molecule has 4 nitrogen and oxygen atoms in total. The summed E-state index contributed by atoms with van der Waals surface area (Å²) in [4.78, 5) is 22.0. The van der Waals surface area contributed by atoms with E-state index in [1.54, 1.807) is 0 Å². The van der Waals surface area contributed by atoms with E-state index in [1.165, 1.54) is 0 Å². The third kappa shape index (κ3) is 2.56. The van der Waals surface area contributed by atoms with Crippen LogP contribution in [0.4, 0.5) is 0 Å². The molecule has 0 radical (unpaired) electrons. The van der Waals surface area contributed by atoms with Crippen molar-refractivity contribution in [1.82, 2.24) is 0 Å². The van der Waals surface area contributed by atoms with Gasteiger partial charge in [-0.15, -0.1) is 0 Å². The van der Waals surface area contributed by atoms with E-state index in [4.69, 9.17) is 9.52 Å². The second kappa shape index (κ2) is 4.59. The van der Waals surface area contributed by atoms with Gasteiger partial charge in [-0.1, -0.05) is 19.9 Å². The summed E-state index contributed by atoms with van der Waals surface area (Å²) in [6.07, 6.45) is 2.72. The predicted octanol–water partition coefficient (Wildman–Crippen LogP) is 2.15. The summed E-state index contributed by atoms with van der Waals surface area (Å²) in [6.45, 7) is 5.71. The van der Waals surface area contributed by atoms with Gasteiger partial charge in [-0.3, -0.25) is 4.79 Å². The zero-order valence-corrected chi connectivity index (χ0v) is 8.45. The quantitative estimate of drug-likeness (QED) is 0.823. The number of carboxylic acids is 1. The fourth-order valence-electron chi connectivity index (χ4n) is 1.22. The van der Waals surface area contributed by atoms with Crippen LogP contribution < -0.4 is 5.43 Å². The van der Waals surface area contributed by atoms with Crippen LogP contribution in [0.15, 0.2) is 28.1 Å². The van der Waals surface area contributed by atoms with Crippen molar-refractivity contribution in [3.8, 4) is 0 Å².